The highest BCUT2D eigenvalue weighted by Crippen LogP contribution is 2.18. The number of H-pyrrole nitrogens is 1. The predicted molar refractivity (Wildman–Crippen MR) is 100.0 cm³/mol. The summed E-state index contributed by atoms with van der Waals surface area (Å²) in [6.45, 7) is 1.31. The summed E-state index contributed by atoms with van der Waals surface area (Å²) in [6, 6.07) is 7.88. The number of rotatable bonds is 9. The number of nitrogens with one attached hydrogen (secondary N) is 2. The van der Waals surface area contributed by atoms with E-state index in [9.17, 15) is 13.2 Å². The second-order valence-electron chi connectivity index (χ2n) is 6.36. The zero-order valence-corrected chi connectivity index (χ0v) is 15.8. The third kappa shape index (κ3) is 5.84. The van der Waals surface area contributed by atoms with E-state index in [4.69, 9.17) is 0 Å². The molecule has 0 bridgehead atoms. The van der Waals surface area contributed by atoms with Crippen molar-refractivity contribution in [3.05, 3.63) is 36.0 Å². The number of hydrogen-bond donors (Lipinski definition) is 2. The molecule has 138 valence electrons. The minimum atomic E-state index is -3.46. The first-order valence-electron chi connectivity index (χ1n) is 8.19. The minimum absolute atomic E-state index is 0.158. The van der Waals surface area contributed by atoms with E-state index in [0.29, 0.717) is 19.5 Å². The van der Waals surface area contributed by atoms with Crippen molar-refractivity contribution in [1.82, 2.24) is 19.5 Å². The van der Waals surface area contributed by atoms with Gasteiger partial charge in [-0.1, -0.05) is 18.2 Å². The molecule has 1 amide bonds. The number of hydrogen-bond acceptors (Lipinski definition) is 4. The molecule has 0 aliphatic carbocycles. The smallest absolute Gasteiger partial charge is 0.235 e. The molecule has 0 saturated heterocycles. The van der Waals surface area contributed by atoms with E-state index in [1.54, 1.807) is 0 Å². The molecule has 7 nitrogen and oxygen atoms in total. The van der Waals surface area contributed by atoms with Crippen LogP contribution in [0.5, 0.6) is 0 Å². The van der Waals surface area contributed by atoms with Crippen molar-refractivity contribution in [2.24, 2.45) is 0 Å². The Labute approximate surface area is 149 Å². The number of sulfonamides is 1. The van der Waals surface area contributed by atoms with Gasteiger partial charge in [0.25, 0.3) is 0 Å². The molecule has 0 unspecified atom stereocenters. The Hall–Kier alpha value is -1.90. The molecule has 0 aliphatic rings. The fourth-order valence-corrected chi connectivity index (χ4v) is 3.36. The highest BCUT2D eigenvalue weighted by Gasteiger charge is 2.20. The van der Waals surface area contributed by atoms with Crippen molar-refractivity contribution >= 4 is 26.8 Å². The van der Waals surface area contributed by atoms with Crippen LogP contribution >= 0.6 is 0 Å². The van der Waals surface area contributed by atoms with Crippen LogP contribution in [0.15, 0.2) is 30.5 Å². The summed E-state index contributed by atoms with van der Waals surface area (Å²) in [5, 5.41) is 3.82. The maximum Gasteiger partial charge on any atom is 0.235 e. The average molecular weight is 366 g/mol. The summed E-state index contributed by atoms with van der Waals surface area (Å²) in [7, 11) is 0.370. The predicted octanol–water partition coefficient (Wildman–Crippen LogP) is 0.650. The highest BCUT2D eigenvalue weighted by atomic mass is 32.2. The molecule has 0 radical (unpaired) electrons. The molecule has 1 heterocycles. The van der Waals surface area contributed by atoms with Gasteiger partial charge in [-0.15, -0.1) is 0 Å². The number of carbonyl (C=O) groups is 1. The van der Waals surface area contributed by atoms with Gasteiger partial charge in [0, 0.05) is 36.7 Å². The molecule has 1 aromatic heterocycles. The van der Waals surface area contributed by atoms with Gasteiger partial charge in [0.15, 0.2) is 0 Å². The fraction of sp³-hybridized carbons (Fsp3) is 0.471. The van der Waals surface area contributed by atoms with E-state index < -0.39 is 10.0 Å². The maximum atomic E-state index is 12.0. The first-order chi connectivity index (χ1) is 11.8. The maximum absolute atomic E-state index is 12.0. The lowest BCUT2D eigenvalue weighted by Gasteiger charge is -2.19. The van der Waals surface area contributed by atoms with Crippen LogP contribution in [-0.2, 0) is 21.2 Å². The van der Waals surface area contributed by atoms with Gasteiger partial charge in [0.05, 0.1) is 12.8 Å². The monoisotopic (exact) mass is 366 g/mol. The summed E-state index contributed by atoms with van der Waals surface area (Å²) in [6.07, 6.45) is 3.57. The summed E-state index contributed by atoms with van der Waals surface area (Å²) < 4.78 is 25.2. The minimum Gasteiger partial charge on any atom is -0.361 e. The molecule has 0 atom stereocenters. The van der Waals surface area contributed by atoms with Crippen LogP contribution in [0.3, 0.4) is 0 Å². The van der Waals surface area contributed by atoms with Crippen molar-refractivity contribution in [2.45, 2.75) is 6.42 Å². The lowest BCUT2D eigenvalue weighted by molar-refractivity contribution is -0.121. The quantitative estimate of drug-likeness (QED) is 0.682. The molecule has 8 heteroatoms. The molecule has 25 heavy (non-hydrogen) atoms. The normalized spacial score (nSPS) is 12.2. The van der Waals surface area contributed by atoms with Crippen molar-refractivity contribution < 1.29 is 13.2 Å². The molecule has 2 N–H and O–H groups in total. The molecule has 1 aromatic carbocycles. The number of fused-ring (bicyclic) bond motifs is 1. The number of aromatic amines is 1. The van der Waals surface area contributed by atoms with Crippen LogP contribution < -0.4 is 5.32 Å². The van der Waals surface area contributed by atoms with Crippen LogP contribution in [0, 0.1) is 0 Å². The number of carbonyl (C=O) groups excluding carboxylic acids is 1. The Bertz CT molecular complexity index is 814. The molecule has 2 aromatic rings. The van der Waals surface area contributed by atoms with Gasteiger partial charge in [-0.3, -0.25) is 4.79 Å². The lowest BCUT2D eigenvalue weighted by atomic mass is 10.1. The van der Waals surface area contributed by atoms with Crippen LogP contribution in [0.4, 0.5) is 0 Å². The second-order valence-corrected chi connectivity index (χ2v) is 8.34. The summed E-state index contributed by atoms with van der Waals surface area (Å²) in [4.78, 5) is 17.1. The Balaban J connectivity index is 1.97. The molecule has 0 saturated carbocycles. The zero-order valence-electron chi connectivity index (χ0n) is 14.9. The van der Waals surface area contributed by atoms with Gasteiger partial charge in [-0.2, -0.15) is 4.31 Å². The third-order valence-corrected chi connectivity index (χ3v) is 5.23. The molecular weight excluding hydrogens is 340 g/mol. The SMILES string of the molecule is CN(C)CCNC(=O)CN(CCc1c[nH]c2ccccc12)S(C)(=O)=O. The lowest BCUT2D eigenvalue weighted by Crippen LogP contribution is -2.42. The molecule has 0 fully saturated rings. The van der Waals surface area contributed by atoms with E-state index in [1.807, 2.05) is 49.5 Å². The van der Waals surface area contributed by atoms with Gasteiger partial charge < -0.3 is 15.2 Å². The average Bonchev–Trinajstić information content (AvgIpc) is 2.93. The van der Waals surface area contributed by atoms with Crippen molar-refractivity contribution in [1.29, 1.82) is 0 Å². The Morgan fingerprint density at radius 3 is 2.60 bits per heavy atom. The van der Waals surface area contributed by atoms with Crippen LogP contribution in [0.25, 0.3) is 10.9 Å². The van der Waals surface area contributed by atoms with E-state index in [1.165, 1.54) is 4.31 Å². The first kappa shape index (κ1) is 19.4. The summed E-state index contributed by atoms with van der Waals surface area (Å²) >= 11 is 0. The van der Waals surface area contributed by atoms with E-state index in [-0.39, 0.29) is 19.0 Å². The van der Waals surface area contributed by atoms with Gasteiger partial charge in [0.1, 0.15) is 0 Å². The van der Waals surface area contributed by atoms with Gasteiger partial charge >= 0.3 is 0 Å². The number of likely N-dealkylation sites (N-methyl/N-ethyl adjacent to an activating group) is 1. The largest absolute Gasteiger partial charge is 0.361 e. The van der Waals surface area contributed by atoms with Crippen LogP contribution in [-0.4, -0.2) is 75.0 Å². The molecule has 0 spiro atoms. The van der Waals surface area contributed by atoms with E-state index >= 15 is 0 Å². The van der Waals surface area contributed by atoms with E-state index in [0.717, 1.165) is 22.7 Å². The number of nitrogens with zero attached hydrogens (tertiary/aromatic N) is 2. The number of para-hydroxylation sites is 1. The van der Waals surface area contributed by atoms with Gasteiger partial charge in [0.2, 0.25) is 15.9 Å². The van der Waals surface area contributed by atoms with Crippen molar-refractivity contribution in [3.63, 3.8) is 0 Å². The number of benzene rings is 1. The van der Waals surface area contributed by atoms with Crippen LogP contribution in [0.2, 0.25) is 0 Å². The standard InChI is InChI=1S/C17H26N4O3S/c1-20(2)11-9-18-17(22)13-21(25(3,23)24)10-8-14-12-19-16-7-5-4-6-15(14)16/h4-7,12,19H,8-11,13H2,1-3H3,(H,18,22). The third-order valence-electron chi connectivity index (χ3n) is 3.98. The topological polar surface area (TPSA) is 85.5 Å². The highest BCUT2D eigenvalue weighted by molar-refractivity contribution is 7.88. The van der Waals surface area contributed by atoms with E-state index in [2.05, 4.69) is 10.3 Å². The second kappa shape index (κ2) is 8.46. The van der Waals surface area contributed by atoms with Gasteiger partial charge in [-0.25, -0.2) is 8.42 Å². The van der Waals surface area contributed by atoms with Crippen LogP contribution in [0.1, 0.15) is 5.56 Å². The Morgan fingerprint density at radius 1 is 1.20 bits per heavy atom. The Morgan fingerprint density at radius 2 is 1.92 bits per heavy atom. The molecule has 0 aliphatic heterocycles. The van der Waals surface area contributed by atoms with Gasteiger partial charge in [-0.05, 0) is 32.1 Å². The number of aromatic nitrogens is 1. The summed E-state index contributed by atoms with van der Waals surface area (Å²) in [5.74, 6) is -0.286. The van der Waals surface area contributed by atoms with Crippen molar-refractivity contribution in [3.8, 4) is 0 Å². The first-order valence-corrected chi connectivity index (χ1v) is 10.0. The summed E-state index contributed by atoms with van der Waals surface area (Å²) in [5.41, 5.74) is 2.06. The Kier molecular flexibility index (Phi) is 6.57. The molecular formula is C17H26N4O3S. The molecule has 2 rings (SSSR count). The fourth-order valence-electron chi connectivity index (χ4n) is 2.58. The van der Waals surface area contributed by atoms with Crippen molar-refractivity contribution in [2.75, 3.05) is 46.5 Å². The number of amides is 1. The zero-order chi connectivity index (χ0) is 18.4.